The van der Waals surface area contributed by atoms with Crippen LogP contribution in [0.25, 0.3) is 10.9 Å². The van der Waals surface area contributed by atoms with E-state index >= 15 is 0 Å². The Bertz CT molecular complexity index is 829. The van der Waals surface area contributed by atoms with E-state index in [1.807, 2.05) is 0 Å². The van der Waals surface area contributed by atoms with E-state index in [2.05, 4.69) is 9.97 Å². The van der Waals surface area contributed by atoms with E-state index in [1.54, 1.807) is 0 Å². The van der Waals surface area contributed by atoms with Gasteiger partial charge in [0.2, 0.25) is 0 Å². The van der Waals surface area contributed by atoms with E-state index in [0.29, 0.717) is 17.6 Å². The molecule has 0 aromatic carbocycles. The summed E-state index contributed by atoms with van der Waals surface area (Å²) in [5.74, 6) is -2.53. The Balaban J connectivity index is 2.02. The third-order valence-electron chi connectivity index (χ3n) is 4.33. The molecule has 0 spiro atoms. The van der Waals surface area contributed by atoms with Crippen LogP contribution in [0.5, 0.6) is 0 Å². The molecular formula is C15H14F3N3O2. The van der Waals surface area contributed by atoms with Crippen molar-refractivity contribution in [2.75, 3.05) is 0 Å². The summed E-state index contributed by atoms with van der Waals surface area (Å²) in [5, 5.41) is 0.0640. The molecule has 1 amide bonds. The van der Waals surface area contributed by atoms with Gasteiger partial charge in [-0.05, 0) is 31.2 Å². The van der Waals surface area contributed by atoms with Gasteiger partial charge in [-0.2, -0.15) is 13.2 Å². The number of H-pyrrole nitrogens is 1. The predicted octanol–water partition coefficient (Wildman–Crippen LogP) is 2.47. The molecule has 0 bridgehead atoms. The molecule has 0 radical (unpaired) electrons. The highest BCUT2D eigenvalue weighted by Crippen LogP contribution is 2.45. The summed E-state index contributed by atoms with van der Waals surface area (Å²) in [7, 11) is 0. The monoisotopic (exact) mass is 325 g/mol. The lowest BCUT2D eigenvalue weighted by molar-refractivity contribution is -0.172. The summed E-state index contributed by atoms with van der Waals surface area (Å²) in [6.45, 7) is 0. The van der Waals surface area contributed by atoms with Crippen molar-refractivity contribution in [3.05, 3.63) is 39.9 Å². The second-order valence-electron chi connectivity index (χ2n) is 5.78. The smallest absolute Gasteiger partial charge is 0.364 e. The predicted molar refractivity (Wildman–Crippen MR) is 77.0 cm³/mol. The van der Waals surface area contributed by atoms with Crippen LogP contribution in [0.4, 0.5) is 13.2 Å². The SMILES string of the molecule is NC(=O)c1nccc2[nH]c([C@H]3CCC(C(F)(F)F)C3)cc(=O)c12. The van der Waals surface area contributed by atoms with Gasteiger partial charge in [0.25, 0.3) is 5.91 Å². The van der Waals surface area contributed by atoms with Gasteiger partial charge in [0, 0.05) is 18.0 Å². The summed E-state index contributed by atoms with van der Waals surface area (Å²) in [6, 6.07) is 2.75. The molecule has 1 aliphatic rings. The molecule has 2 aromatic heterocycles. The number of primary amides is 1. The fourth-order valence-electron chi connectivity index (χ4n) is 3.19. The quantitative estimate of drug-likeness (QED) is 0.889. The minimum Gasteiger partial charge on any atom is -0.364 e. The van der Waals surface area contributed by atoms with Gasteiger partial charge in [-0.15, -0.1) is 0 Å². The second kappa shape index (κ2) is 5.36. The van der Waals surface area contributed by atoms with Crippen LogP contribution >= 0.6 is 0 Å². The number of carbonyl (C=O) groups is 1. The van der Waals surface area contributed by atoms with Crippen LogP contribution in [0.3, 0.4) is 0 Å². The van der Waals surface area contributed by atoms with Crippen LogP contribution in [0, 0.1) is 5.92 Å². The number of pyridine rings is 2. The molecule has 122 valence electrons. The molecule has 2 heterocycles. The molecule has 0 aliphatic heterocycles. The molecule has 5 nitrogen and oxygen atoms in total. The molecule has 2 atom stereocenters. The molecule has 0 saturated heterocycles. The Hall–Kier alpha value is -2.38. The molecule has 23 heavy (non-hydrogen) atoms. The summed E-state index contributed by atoms with van der Waals surface area (Å²) >= 11 is 0. The van der Waals surface area contributed by atoms with Crippen LogP contribution in [0.1, 0.15) is 41.4 Å². The number of nitrogens with one attached hydrogen (secondary N) is 1. The Kier molecular flexibility index (Phi) is 3.62. The van der Waals surface area contributed by atoms with Gasteiger partial charge in [0.05, 0.1) is 16.8 Å². The maximum absolute atomic E-state index is 12.8. The van der Waals surface area contributed by atoms with Crippen molar-refractivity contribution < 1.29 is 18.0 Å². The van der Waals surface area contributed by atoms with Gasteiger partial charge in [-0.25, -0.2) is 0 Å². The number of rotatable bonds is 2. The third-order valence-corrected chi connectivity index (χ3v) is 4.33. The van der Waals surface area contributed by atoms with Crippen molar-refractivity contribution in [3.8, 4) is 0 Å². The van der Waals surface area contributed by atoms with E-state index in [1.165, 1.54) is 18.3 Å². The van der Waals surface area contributed by atoms with Crippen LogP contribution in [0.15, 0.2) is 23.1 Å². The van der Waals surface area contributed by atoms with Crippen LogP contribution in [-0.4, -0.2) is 22.1 Å². The molecule has 1 aliphatic carbocycles. The highest BCUT2D eigenvalue weighted by atomic mass is 19.4. The van der Waals surface area contributed by atoms with E-state index < -0.39 is 23.4 Å². The fourth-order valence-corrected chi connectivity index (χ4v) is 3.19. The number of halogens is 3. The normalized spacial score (nSPS) is 21.7. The molecule has 3 rings (SSSR count). The number of aromatic amines is 1. The highest BCUT2D eigenvalue weighted by molar-refractivity contribution is 6.03. The van der Waals surface area contributed by atoms with Crippen molar-refractivity contribution in [2.45, 2.75) is 31.4 Å². The lowest BCUT2D eigenvalue weighted by atomic mass is 9.99. The summed E-state index contributed by atoms with van der Waals surface area (Å²) in [6.07, 6.45) is -2.51. The van der Waals surface area contributed by atoms with Crippen LogP contribution < -0.4 is 11.2 Å². The van der Waals surface area contributed by atoms with Crippen molar-refractivity contribution in [1.82, 2.24) is 9.97 Å². The summed E-state index contributed by atoms with van der Waals surface area (Å²) in [4.78, 5) is 30.4. The number of aromatic nitrogens is 2. The maximum Gasteiger partial charge on any atom is 0.391 e. The number of alkyl halides is 3. The Morgan fingerprint density at radius 1 is 1.35 bits per heavy atom. The number of nitrogens with two attached hydrogens (primary N) is 1. The van der Waals surface area contributed by atoms with Gasteiger partial charge < -0.3 is 10.7 Å². The van der Waals surface area contributed by atoms with Crippen molar-refractivity contribution in [1.29, 1.82) is 0 Å². The second-order valence-corrected chi connectivity index (χ2v) is 5.78. The first-order valence-corrected chi connectivity index (χ1v) is 7.16. The number of nitrogens with zero attached hydrogens (tertiary/aromatic N) is 1. The van der Waals surface area contributed by atoms with Gasteiger partial charge in [0.1, 0.15) is 5.69 Å². The molecule has 1 unspecified atom stereocenters. The topological polar surface area (TPSA) is 88.8 Å². The van der Waals surface area contributed by atoms with Gasteiger partial charge in [0.15, 0.2) is 5.43 Å². The Morgan fingerprint density at radius 3 is 2.70 bits per heavy atom. The van der Waals surface area contributed by atoms with E-state index in [-0.39, 0.29) is 29.8 Å². The Labute approximate surface area is 128 Å². The van der Waals surface area contributed by atoms with Crippen LogP contribution in [-0.2, 0) is 0 Å². The van der Waals surface area contributed by atoms with Crippen molar-refractivity contribution >= 4 is 16.8 Å². The number of fused-ring (bicyclic) bond motifs is 1. The molecular weight excluding hydrogens is 311 g/mol. The minimum atomic E-state index is -4.21. The van der Waals surface area contributed by atoms with E-state index in [9.17, 15) is 22.8 Å². The minimum absolute atomic E-state index is 0.0429. The number of hydrogen-bond acceptors (Lipinski definition) is 3. The average molecular weight is 325 g/mol. The van der Waals surface area contributed by atoms with Crippen molar-refractivity contribution in [2.24, 2.45) is 11.7 Å². The van der Waals surface area contributed by atoms with Gasteiger partial charge in [-0.1, -0.05) is 0 Å². The zero-order valence-electron chi connectivity index (χ0n) is 12.0. The molecule has 1 saturated carbocycles. The zero-order valence-corrected chi connectivity index (χ0v) is 12.0. The Morgan fingerprint density at radius 2 is 2.09 bits per heavy atom. The first kappa shape index (κ1) is 15.5. The highest BCUT2D eigenvalue weighted by Gasteiger charge is 2.44. The zero-order chi connectivity index (χ0) is 16.8. The number of amides is 1. The molecule has 3 N–H and O–H groups in total. The number of hydrogen-bond donors (Lipinski definition) is 2. The lowest BCUT2D eigenvalue weighted by Gasteiger charge is -2.15. The lowest BCUT2D eigenvalue weighted by Crippen LogP contribution is -2.20. The standard InChI is InChI=1S/C15H14F3N3O2/c16-15(17,18)8-2-1-7(5-8)10-6-11(22)12-9(21-10)3-4-20-13(12)14(19)23/h3-4,6-8H,1-2,5H2,(H2,19,23)(H,21,22)/t7-,8?/m0/s1. The first-order chi connectivity index (χ1) is 10.8. The van der Waals surface area contributed by atoms with Crippen molar-refractivity contribution in [3.63, 3.8) is 0 Å². The summed E-state index contributed by atoms with van der Waals surface area (Å²) < 4.78 is 38.4. The van der Waals surface area contributed by atoms with Crippen LogP contribution in [0.2, 0.25) is 0 Å². The maximum atomic E-state index is 12.8. The fraction of sp³-hybridized carbons (Fsp3) is 0.400. The molecule has 1 fully saturated rings. The molecule has 2 aromatic rings. The summed E-state index contributed by atoms with van der Waals surface area (Å²) in [5.41, 5.74) is 5.39. The van der Waals surface area contributed by atoms with Gasteiger partial charge >= 0.3 is 6.18 Å². The molecule has 8 heteroatoms. The van der Waals surface area contributed by atoms with Gasteiger partial charge in [-0.3, -0.25) is 14.6 Å². The number of carbonyl (C=O) groups excluding carboxylic acids is 1. The van der Waals surface area contributed by atoms with E-state index in [4.69, 9.17) is 5.73 Å². The largest absolute Gasteiger partial charge is 0.391 e. The van der Waals surface area contributed by atoms with E-state index in [0.717, 1.165) is 0 Å². The average Bonchev–Trinajstić information content (AvgIpc) is 2.96. The third kappa shape index (κ3) is 2.80. The first-order valence-electron chi connectivity index (χ1n) is 7.16.